The van der Waals surface area contributed by atoms with Gasteiger partial charge in [0, 0.05) is 5.39 Å². The van der Waals surface area contributed by atoms with Gasteiger partial charge in [-0.15, -0.1) is 0 Å². The number of para-hydroxylation sites is 1. The van der Waals surface area contributed by atoms with Crippen molar-refractivity contribution in [3.63, 3.8) is 0 Å². The third-order valence-corrected chi connectivity index (χ3v) is 2.80. The molecule has 2 nitrogen and oxygen atoms in total. The minimum Gasteiger partial charge on any atom is -1.00 e. The fourth-order valence-electron chi connectivity index (χ4n) is 1.95. The summed E-state index contributed by atoms with van der Waals surface area (Å²) in [7, 11) is 0. The summed E-state index contributed by atoms with van der Waals surface area (Å²) in [5, 5.41) is 10.7. The zero-order valence-corrected chi connectivity index (χ0v) is 13.9. The quantitative estimate of drug-likeness (QED) is 0.592. The van der Waals surface area contributed by atoms with Crippen LogP contribution in [0.3, 0.4) is 0 Å². The van der Waals surface area contributed by atoms with Crippen molar-refractivity contribution in [3.8, 4) is 5.75 Å². The number of phenols is 1. The van der Waals surface area contributed by atoms with Crippen molar-refractivity contribution in [2.24, 2.45) is 0 Å². The predicted molar refractivity (Wildman–Crippen MR) is 65.1 cm³/mol. The van der Waals surface area contributed by atoms with E-state index in [9.17, 15) is 5.11 Å². The van der Waals surface area contributed by atoms with Crippen LogP contribution in [0.5, 0.6) is 5.75 Å². The third kappa shape index (κ3) is 3.69. The summed E-state index contributed by atoms with van der Waals surface area (Å²) >= 11 is 0. The van der Waals surface area contributed by atoms with Gasteiger partial charge < -0.3 is 29.9 Å². The van der Waals surface area contributed by atoms with Crippen LogP contribution in [0.25, 0.3) is 16.5 Å². The number of hydrogen-bond donors (Lipinski definition) is 1. The summed E-state index contributed by atoms with van der Waals surface area (Å²) in [6, 6.07) is 9.44. The first-order valence-electron chi connectivity index (χ1n) is 5.29. The average molecular weight is 371 g/mol. The van der Waals surface area contributed by atoms with Gasteiger partial charge in [0.05, 0.1) is 5.69 Å². The Morgan fingerprint density at radius 2 is 1.84 bits per heavy atom. The molecule has 0 spiro atoms. The molecule has 0 fully saturated rings. The van der Waals surface area contributed by atoms with Crippen LogP contribution in [0.4, 0.5) is 0 Å². The monoisotopic (exact) mass is 369 g/mol. The Bertz CT molecular complexity index is 626. The Morgan fingerprint density at radius 1 is 1.05 bits per heavy atom. The van der Waals surface area contributed by atoms with Crippen molar-refractivity contribution in [2.45, 2.75) is 6.42 Å². The van der Waals surface area contributed by atoms with Gasteiger partial charge in [-0.25, -0.2) is 4.98 Å². The van der Waals surface area contributed by atoms with E-state index in [2.05, 4.69) is 17.1 Å². The number of pyridine rings is 1. The molecular weight excluding hydrogens is 360 g/mol. The average Bonchev–Trinajstić information content (AvgIpc) is 2.83. The molecule has 0 unspecified atom stereocenters. The van der Waals surface area contributed by atoms with E-state index in [1.165, 1.54) is 5.57 Å². The van der Waals surface area contributed by atoms with E-state index in [0.717, 1.165) is 17.5 Å². The second-order valence-corrected chi connectivity index (χ2v) is 3.87. The number of nitrogens with zero attached hydrogens (tertiary/aromatic N) is 1. The molecule has 1 aromatic carbocycles. The minimum absolute atomic E-state index is 0. The van der Waals surface area contributed by atoms with Crippen LogP contribution in [0.15, 0.2) is 48.6 Å². The first kappa shape index (κ1) is 18.4. The second-order valence-electron chi connectivity index (χ2n) is 3.87. The molecule has 1 aliphatic rings. The topological polar surface area (TPSA) is 33.1 Å². The molecule has 0 bridgehead atoms. The zero-order chi connectivity index (χ0) is 11.0. The van der Waals surface area contributed by atoms with Crippen LogP contribution in [-0.4, -0.2) is 10.1 Å². The molecule has 5 heteroatoms. The van der Waals surface area contributed by atoms with Crippen LogP contribution in [-0.2, 0) is 26.2 Å². The van der Waals surface area contributed by atoms with E-state index >= 15 is 0 Å². The Balaban J connectivity index is 0.00000108. The summed E-state index contributed by atoms with van der Waals surface area (Å²) < 4.78 is 0. The first-order chi connectivity index (χ1) is 7.84. The molecule has 0 atom stereocenters. The Kier molecular flexibility index (Phi) is 7.58. The van der Waals surface area contributed by atoms with Crippen molar-refractivity contribution in [3.05, 3.63) is 54.3 Å². The molecule has 19 heavy (non-hydrogen) atoms. The smallest absolute Gasteiger partial charge is 1.00 e. The van der Waals surface area contributed by atoms with Crippen molar-refractivity contribution in [1.82, 2.24) is 4.98 Å². The Morgan fingerprint density at radius 3 is 2.53 bits per heavy atom. The summed E-state index contributed by atoms with van der Waals surface area (Å²) in [5.74, 6) is 0.242. The molecule has 96 valence electrons. The van der Waals surface area contributed by atoms with Crippen LogP contribution in [0, 0.1) is 0 Å². The fraction of sp³-hybridized carbons (Fsp3) is 0.0714. The van der Waals surface area contributed by atoms with Gasteiger partial charge in [0.2, 0.25) is 0 Å². The van der Waals surface area contributed by atoms with E-state index < -0.39 is 0 Å². The van der Waals surface area contributed by atoms with Crippen LogP contribution in [0.2, 0.25) is 0 Å². The summed E-state index contributed by atoms with van der Waals surface area (Å²) in [5.41, 5.74) is 2.82. The Hall–Kier alpha value is -0.627. The maximum absolute atomic E-state index is 9.74. The fourth-order valence-corrected chi connectivity index (χ4v) is 1.95. The number of hydrogen-bond acceptors (Lipinski definition) is 2. The number of aromatic hydroxyl groups is 1. The van der Waals surface area contributed by atoms with Crippen molar-refractivity contribution < 1.29 is 56.1 Å². The first-order valence-corrected chi connectivity index (χ1v) is 5.29. The van der Waals surface area contributed by atoms with Gasteiger partial charge >= 0.3 is 26.2 Å². The molecule has 1 aliphatic carbocycles. The van der Waals surface area contributed by atoms with Gasteiger partial charge in [-0.3, -0.25) is 0 Å². The predicted octanol–water partition coefficient (Wildman–Crippen LogP) is -2.71. The van der Waals surface area contributed by atoms with Gasteiger partial charge in [-0.05, 0) is 24.1 Å². The number of allylic oxidation sites excluding steroid dienone is 4. The molecule has 0 saturated heterocycles. The molecule has 1 N–H and O–H groups in total. The van der Waals surface area contributed by atoms with Gasteiger partial charge in [0.25, 0.3) is 0 Å². The maximum Gasteiger partial charge on any atom is 2.00 e. The van der Waals surface area contributed by atoms with E-state index in [1.807, 2.05) is 30.3 Å². The van der Waals surface area contributed by atoms with Crippen LogP contribution in [0.1, 0.15) is 12.1 Å². The largest absolute Gasteiger partial charge is 2.00 e. The number of phenolic OH excluding ortho intramolecular Hbond substituents is 1. The van der Waals surface area contributed by atoms with Crippen molar-refractivity contribution >= 4 is 16.5 Å². The normalized spacial score (nSPS) is 12.1. The number of rotatable bonds is 1. The molecule has 0 amide bonds. The summed E-state index contributed by atoms with van der Waals surface area (Å²) in [6.45, 7) is 0. The zero-order valence-electron chi connectivity index (χ0n) is 9.98. The maximum atomic E-state index is 9.74. The van der Waals surface area contributed by atoms with E-state index in [-0.39, 0.29) is 56.8 Å². The van der Waals surface area contributed by atoms with Crippen LogP contribution < -0.4 is 24.8 Å². The van der Waals surface area contributed by atoms with Crippen LogP contribution >= 0.6 is 0 Å². The number of fused-ring (bicyclic) bond motifs is 1. The molecule has 1 heterocycles. The van der Waals surface area contributed by atoms with E-state index in [1.54, 1.807) is 6.07 Å². The van der Waals surface area contributed by atoms with Gasteiger partial charge in [-0.2, -0.15) is 0 Å². The molecule has 1 aromatic heterocycles. The number of aromatic nitrogens is 1. The van der Waals surface area contributed by atoms with E-state index in [0.29, 0.717) is 5.52 Å². The van der Waals surface area contributed by atoms with Gasteiger partial charge in [0.1, 0.15) is 11.3 Å². The summed E-state index contributed by atoms with van der Waals surface area (Å²) in [6.07, 6.45) is 7.12. The van der Waals surface area contributed by atoms with Gasteiger partial charge in [0.15, 0.2) is 0 Å². The molecule has 0 radical (unpaired) electrons. The number of benzene rings is 1. The van der Waals surface area contributed by atoms with E-state index in [4.69, 9.17) is 0 Å². The third-order valence-electron chi connectivity index (χ3n) is 2.80. The SMILES string of the molecule is Oc1cccc2ccc(C3=CC=CC3)nc12.[Cl-].[Cl-].[Zr+2]. The molecule has 0 saturated carbocycles. The molecule has 2 aromatic rings. The number of halogens is 2. The molecular formula is C14H11Cl2NOZr. The minimum atomic E-state index is 0. The van der Waals surface area contributed by atoms with Gasteiger partial charge in [-0.1, -0.05) is 36.4 Å². The molecule has 0 aliphatic heterocycles. The standard InChI is InChI=1S/C14H11NO.2ClH.Zr/c16-13-7-3-6-11-8-9-12(15-14(11)13)10-4-1-2-5-10;;;/h1-4,6-9,16H,5H2;2*1H;/q;;;+2/p-2. The van der Waals surface area contributed by atoms with Crippen molar-refractivity contribution in [2.75, 3.05) is 0 Å². The van der Waals surface area contributed by atoms with Crippen molar-refractivity contribution in [1.29, 1.82) is 0 Å². The summed E-state index contributed by atoms with van der Waals surface area (Å²) in [4.78, 5) is 4.50. The molecule has 3 rings (SSSR count). The second kappa shape index (κ2) is 7.84. The Labute approximate surface area is 143 Å².